The Morgan fingerprint density at radius 1 is 1.35 bits per heavy atom. The normalized spacial score (nSPS) is 13.8. The number of likely N-dealkylation sites (N-methyl/N-ethyl adjacent to an activating group) is 1. The van der Waals surface area contributed by atoms with Crippen molar-refractivity contribution in [1.29, 1.82) is 0 Å². The third kappa shape index (κ3) is 3.59. The van der Waals surface area contributed by atoms with Crippen LogP contribution in [-0.2, 0) is 11.2 Å². The molecule has 0 radical (unpaired) electrons. The van der Waals surface area contributed by atoms with Gasteiger partial charge in [-0.2, -0.15) is 0 Å². The van der Waals surface area contributed by atoms with Gasteiger partial charge in [0.25, 0.3) is 0 Å². The summed E-state index contributed by atoms with van der Waals surface area (Å²) in [6.45, 7) is 4.10. The molecule has 1 rings (SSSR count). The van der Waals surface area contributed by atoms with Gasteiger partial charge in [0.05, 0.1) is 15.6 Å². The second kappa shape index (κ2) is 6.05. The van der Waals surface area contributed by atoms with E-state index in [4.69, 9.17) is 27.9 Å². The summed E-state index contributed by atoms with van der Waals surface area (Å²) in [6.07, 6.45) is 0.775. The number of nitrogens with one attached hydrogen (secondary N) is 1. The monoisotopic (exact) mass is 275 g/mol. The van der Waals surface area contributed by atoms with Gasteiger partial charge in [0.15, 0.2) is 0 Å². The topological polar surface area (TPSA) is 21.3 Å². The Morgan fingerprint density at radius 2 is 2.00 bits per heavy atom. The molecular weight excluding hydrogens is 257 g/mol. The molecule has 1 aromatic carbocycles. The summed E-state index contributed by atoms with van der Waals surface area (Å²) in [5.74, 6) is 0. The van der Waals surface area contributed by atoms with Gasteiger partial charge in [-0.15, -0.1) is 0 Å². The fourth-order valence-electron chi connectivity index (χ4n) is 1.76. The van der Waals surface area contributed by atoms with Crippen molar-refractivity contribution in [2.45, 2.75) is 31.9 Å². The number of ether oxygens (including phenoxy) is 1. The van der Waals surface area contributed by atoms with Gasteiger partial charge in [0.2, 0.25) is 0 Å². The third-order valence-corrected chi connectivity index (χ3v) is 4.03. The summed E-state index contributed by atoms with van der Waals surface area (Å²) in [5, 5.41) is 4.48. The second-order valence-corrected chi connectivity index (χ2v) is 5.35. The third-order valence-electron chi connectivity index (χ3n) is 3.17. The molecule has 1 aromatic rings. The molecule has 0 saturated carbocycles. The zero-order valence-electron chi connectivity index (χ0n) is 10.7. The van der Waals surface area contributed by atoms with E-state index in [1.807, 2.05) is 33.0 Å². The molecule has 96 valence electrons. The lowest BCUT2D eigenvalue weighted by atomic mass is 9.92. The van der Waals surface area contributed by atoms with Crippen LogP contribution in [0, 0.1) is 0 Å². The van der Waals surface area contributed by atoms with Gasteiger partial charge >= 0.3 is 0 Å². The predicted molar refractivity (Wildman–Crippen MR) is 74.1 cm³/mol. The molecule has 4 heteroatoms. The first-order valence-corrected chi connectivity index (χ1v) is 6.33. The van der Waals surface area contributed by atoms with Crippen LogP contribution < -0.4 is 5.32 Å². The van der Waals surface area contributed by atoms with Crippen LogP contribution in [0.15, 0.2) is 18.2 Å². The van der Waals surface area contributed by atoms with Crippen LogP contribution in [0.5, 0.6) is 0 Å². The fourth-order valence-corrected chi connectivity index (χ4v) is 2.16. The lowest BCUT2D eigenvalue weighted by Gasteiger charge is -2.33. The van der Waals surface area contributed by atoms with Crippen LogP contribution in [0.3, 0.4) is 0 Å². The van der Waals surface area contributed by atoms with Gasteiger partial charge in [-0.3, -0.25) is 0 Å². The maximum absolute atomic E-state index is 6.19. The van der Waals surface area contributed by atoms with Crippen LogP contribution in [-0.4, -0.2) is 25.8 Å². The first-order chi connectivity index (χ1) is 7.92. The average molecular weight is 276 g/mol. The highest BCUT2D eigenvalue weighted by atomic mass is 35.5. The van der Waals surface area contributed by atoms with Gasteiger partial charge < -0.3 is 10.1 Å². The zero-order chi connectivity index (χ0) is 13.1. The smallest absolute Gasteiger partial charge is 0.0778 e. The molecule has 0 heterocycles. The van der Waals surface area contributed by atoms with E-state index in [2.05, 4.69) is 5.32 Å². The van der Waals surface area contributed by atoms with Crippen LogP contribution in [0.1, 0.15) is 19.4 Å². The van der Waals surface area contributed by atoms with Crippen LogP contribution in [0.2, 0.25) is 10.0 Å². The SMILES string of the molecule is CNC(Cc1cccc(Cl)c1Cl)C(C)(C)OC. The summed E-state index contributed by atoms with van der Waals surface area (Å²) in [4.78, 5) is 0. The highest BCUT2D eigenvalue weighted by molar-refractivity contribution is 6.42. The number of halogens is 2. The van der Waals surface area contributed by atoms with Crippen molar-refractivity contribution in [3.8, 4) is 0 Å². The summed E-state index contributed by atoms with van der Waals surface area (Å²) < 4.78 is 5.49. The molecule has 1 N–H and O–H groups in total. The molecular formula is C13H19Cl2NO. The number of benzene rings is 1. The first kappa shape index (κ1) is 14.8. The highest BCUT2D eigenvalue weighted by Gasteiger charge is 2.28. The Balaban J connectivity index is 2.92. The molecule has 0 aromatic heterocycles. The van der Waals surface area contributed by atoms with Gasteiger partial charge in [-0.25, -0.2) is 0 Å². The molecule has 0 aliphatic heterocycles. The highest BCUT2D eigenvalue weighted by Crippen LogP contribution is 2.28. The maximum atomic E-state index is 6.19. The van der Waals surface area contributed by atoms with Crippen molar-refractivity contribution in [2.75, 3.05) is 14.2 Å². The van der Waals surface area contributed by atoms with E-state index in [9.17, 15) is 0 Å². The molecule has 0 aliphatic rings. The molecule has 0 amide bonds. The second-order valence-electron chi connectivity index (χ2n) is 4.57. The average Bonchev–Trinajstić information content (AvgIpc) is 2.30. The summed E-state index contributed by atoms with van der Waals surface area (Å²) >= 11 is 12.2. The fraction of sp³-hybridized carbons (Fsp3) is 0.538. The summed E-state index contributed by atoms with van der Waals surface area (Å²) in [7, 11) is 3.63. The van der Waals surface area contributed by atoms with E-state index in [0.717, 1.165) is 12.0 Å². The van der Waals surface area contributed by atoms with Crippen LogP contribution in [0.25, 0.3) is 0 Å². The van der Waals surface area contributed by atoms with Gasteiger partial charge in [-0.1, -0.05) is 35.3 Å². The van der Waals surface area contributed by atoms with E-state index in [0.29, 0.717) is 10.0 Å². The minimum atomic E-state index is -0.263. The molecule has 17 heavy (non-hydrogen) atoms. The molecule has 2 nitrogen and oxygen atoms in total. The number of hydrogen-bond acceptors (Lipinski definition) is 2. The van der Waals surface area contributed by atoms with Crippen molar-refractivity contribution in [1.82, 2.24) is 5.32 Å². The molecule has 0 aliphatic carbocycles. The maximum Gasteiger partial charge on any atom is 0.0778 e. The number of hydrogen-bond donors (Lipinski definition) is 1. The Labute approximate surface area is 113 Å². The quantitative estimate of drug-likeness (QED) is 0.888. The van der Waals surface area contributed by atoms with Crippen molar-refractivity contribution in [3.63, 3.8) is 0 Å². The summed E-state index contributed by atoms with van der Waals surface area (Å²) in [6, 6.07) is 5.87. The molecule has 1 unspecified atom stereocenters. The predicted octanol–water partition coefficient (Wildman–Crippen LogP) is 3.55. The Morgan fingerprint density at radius 3 is 2.53 bits per heavy atom. The Hall–Kier alpha value is -0.280. The van der Waals surface area contributed by atoms with E-state index in [1.165, 1.54) is 0 Å². The van der Waals surface area contributed by atoms with Crippen molar-refractivity contribution < 1.29 is 4.74 Å². The Kier molecular flexibility index (Phi) is 5.26. The Bertz CT molecular complexity index is 380. The lowest BCUT2D eigenvalue weighted by molar-refractivity contribution is -0.00796. The summed E-state index contributed by atoms with van der Waals surface area (Å²) in [5.41, 5.74) is 0.768. The van der Waals surface area contributed by atoms with Crippen molar-refractivity contribution in [3.05, 3.63) is 33.8 Å². The van der Waals surface area contributed by atoms with E-state index in [-0.39, 0.29) is 11.6 Å². The molecule has 0 saturated heterocycles. The largest absolute Gasteiger partial charge is 0.377 e. The van der Waals surface area contributed by atoms with E-state index < -0.39 is 0 Å². The molecule has 0 spiro atoms. The molecule has 0 bridgehead atoms. The van der Waals surface area contributed by atoms with E-state index in [1.54, 1.807) is 13.2 Å². The first-order valence-electron chi connectivity index (χ1n) is 5.57. The zero-order valence-corrected chi connectivity index (χ0v) is 12.2. The molecule has 1 atom stereocenters. The van der Waals surface area contributed by atoms with Crippen LogP contribution in [0.4, 0.5) is 0 Å². The van der Waals surface area contributed by atoms with Crippen LogP contribution >= 0.6 is 23.2 Å². The molecule has 0 fully saturated rings. The minimum absolute atomic E-state index is 0.170. The van der Waals surface area contributed by atoms with Crippen molar-refractivity contribution >= 4 is 23.2 Å². The lowest BCUT2D eigenvalue weighted by Crippen LogP contribution is -2.48. The van der Waals surface area contributed by atoms with E-state index >= 15 is 0 Å². The van der Waals surface area contributed by atoms with Gasteiger partial charge in [0.1, 0.15) is 0 Å². The van der Waals surface area contributed by atoms with Gasteiger partial charge in [-0.05, 0) is 38.9 Å². The minimum Gasteiger partial charge on any atom is -0.377 e. The number of methoxy groups -OCH3 is 1. The number of rotatable bonds is 5. The standard InChI is InChI=1S/C13H19Cl2NO/c1-13(2,17-4)11(16-3)8-9-6-5-7-10(14)12(9)15/h5-7,11,16H,8H2,1-4H3. The van der Waals surface area contributed by atoms with Crippen molar-refractivity contribution in [2.24, 2.45) is 0 Å². The van der Waals surface area contributed by atoms with Gasteiger partial charge in [0, 0.05) is 13.2 Å².